The molecule has 0 saturated heterocycles. The molecule has 0 radical (unpaired) electrons. The van der Waals surface area contributed by atoms with Gasteiger partial charge in [0.1, 0.15) is 5.01 Å². The molecule has 1 aromatic rings. The van der Waals surface area contributed by atoms with Gasteiger partial charge in [-0.05, 0) is 19.1 Å². The molecule has 0 fully saturated rings. The molecule has 0 aliphatic carbocycles. The maximum atomic E-state index is 8.58. The molecule has 0 bridgehead atoms. The Bertz CT molecular complexity index is 472. The summed E-state index contributed by atoms with van der Waals surface area (Å²) in [5, 5.41) is 22.4. The van der Waals surface area contributed by atoms with Crippen LogP contribution in [0.1, 0.15) is 17.8 Å². The van der Waals surface area contributed by atoms with Crippen molar-refractivity contribution in [1.29, 1.82) is 10.5 Å². The smallest absolute Gasteiger partial charge is 0.180 e. The van der Waals surface area contributed by atoms with E-state index in [0.29, 0.717) is 32.6 Å². The zero-order valence-electron chi connectivity index (χ0n) is 9.59. The minimum atomic E-state index is 0.446. The van der Waals surface area contributed by atoms with Gasteiger partial charge < -0.3 is 0 Å². The van der Waals surface area contributed by atoms with Crippen LogP contribution in [-0.4, -0.2) is 27.8 Å². The number of aromatic nitrogens is 2. The fraction of sp³-hybridized carbons (Fsp3) is 0.600. The molecule has 90 valence electrons. The maximum absolute atomic E-state index is 8.58. The molecule has 0 amide bonds. The third-order valence-electron chi connectivity index (χ3n) is 2.12. The molecular formula is C10H13N5S2. The van der Waals surface area contributed by atoms with Gasteiger partial charge in [-0.15, -0.1) is 0 Å². The van der Waals surface area contributed by atoms with E-state index in [0.717, 1.165) is 8.96 Å². The third-order valence-corrected chi connectivity index (χ3v) is 3.34. The number of rotatable bonds is 6. The van der Waals surface area contributed by atoms with Gasteiger partial charge >= 0.3 is 0 Å². The van der Waals surface area contributed by atoms with E-state index in [1.54, 1.807) is 4.68 Å². The Kier molecular flexibility index (Phi) is 5.78. The van der Waals surface area contributed by atoms with Crippen LogP contribution < -0.4 is 0 Å². The molecule has 1 heterocycles. The molecule has 0 aliphatic heterocycles. The Balaban J connectivity index is 2.65. The fourth-order valence-electron chi connectivity index (χ4n) is 1.36. The van der Waals surface area contributed by atoms with Crippen LogP contribution in [0, 0.1) is 33.5 Å². The first-order valence-corrected chi connectivity index (χ1v) is 6.40. The third kappa shape index (κ3) is 4.61. The van der Waals surface area contributed by atoms with Gasteiger partial charge in [0.15, 0.2) is 3.95 Å². The van der Waals surface area contributed by atoms with Gasteiger partial charge in [0.2, 0.25) is 0 Å². The van der Waals surface area contributed by atoms with Gasteiger partial charge in [0.25, 0.3) is 0 Å². The van der Waals surface area contributed by atoms with E-state index in [4.69, 9.17) is 22.7 Å². The Morgan fingerprint density at radius 2 is 1.94 bits per heavy atom. The molecule has 1 rings (SSSR count). The molecule has 0 saturated carbocycles. The normalized spacial score (nSPS) is 10.1. The van der Waals surface area contributed by atoms with Gasteiger partial charge in [-0.3, -0.25) is 4.90 Å². The molecule has 5 nitrogen and oxygen atoms in total. The quantitative estimate of drug-likeness (QED) is 0.738. The number of hydrogen-bond donors (Lipinski definition) is 0. The van der Waals surface area contributed by atoms with Crippen molar-refractivity contribution in [1.82, 2.24) is 14.7 Å². The highest BCUT2D eigenvalue weighted by Gasteiger charge is 2.07. The highest BCUT2D eigenvalue weighted by atomic mass is 32.1. The van der Waals surface area contributed by atoms with E-state index in [1.165, 1.54) is 11.3 Å². The van der Waals surface area contributed by atoms with Crippen molar-refractivity contribution in [2.75, 3.05) is 13.1 Å². The number of hydrogen-bond acceptors (Lipinski definition) is 6. The van der Waals surface area contributed by atoms with Crippen molar-refractivity contribution in [3.63, 3.8) is 0 Å². The summed E-state index contributed by atoms with van der Waals surface area (Å²) < 4.78 is 2.46. The summed E-state index contributed by atoms with van der Waals surface area (Å²) in [5.74, 6) is 0. The molecular weight excluding hydrogens is 254 g/mol. The number of nitriles is 2. The van der Waals surface area contributed by atoms with Crippen LogP contribution in [0.4, 0.5) is 0 Å². The summed E-state index contributed by atoms with van der Waals surface area (Å²) in [4.78, 5) is 2.02. The Labute approximate surface area is 110 Å². The summed E-state index contributed by atoms with van der Waals surface area (Å²) in [6, 6.07) is 4.21. The summed E-state index contributed by atoms with van der Waals surface area (Å²) >= 11 is 6.65. The molecule has 1 aromatic heterocycles. The van der Waals surface area contributed by atoms with Crippen LogP contribution >= 0.6 is 23.6 Å². The van der Waals surface area contributed by atoms with E-state index >= 15 is 0 Å². The largest absolute Gasteiger partial charge is 0.282 e. The second kappa shape index (κ2) is 7.13. The van der Waals surface area contributed by atoms with E-state index in [-0.39, 0.29) is 0 Å². The standard InChI is InChI=1S/C10H13N5S2/c1-9-13-15(10(16)17-9)8-14(6-2-4-11)7-3-5-12/h2-3,6-8H2,1H3. The van der Waals surface area contributed by atoms with Gasteiger partial charge in [-0.25, -0.2) is 4.68 Å². The van der Waals surface area contributed by atoms with Crippen molar-refractivity contribution < 1.29 is 0 Å². The van der Waals surface area contributed by atoms with Crippen molar-refractivity contribution in [3.8, 4) is 12.1 Å². The van der Waals surface area contributed by atoms with Crippen LogP contribution in [0.3, 0.4) is 0 Å². The zero-order chi connectivity index (χ0) is 12.7. The minimum absolute atomic E-state index is 0.446. The minimum Gasteiger partial charge on any atom is -0.282 e. The van der Waals surface area contributed by atoms with Crippen LogP contribution in [0.5, 0.6) is 0 Å². The maximum Gasteiger partial charge on any atom is 0.180 e. The second-order valence-electron chi connectivity index (χ2n) is 3.46. The first-order valence-electron chi connectivity index (χ1n) is 5.18. The highest BCUT2D eigenvalue weighted by Crippen LogP contribution is 2.08. The summed E-state index contributed by atoms with van der Waals surface area (Å²) in [6.45, 7) is 3.73. The summed E-state index contributed by atoms with van der Waals surface area (Å²) in [7, 11) is 0. The van der Waals surface area contributed by atoms with Crippen LogP contribution in [0.15, 0.2) is 0 Å². The van der Waals surface area contributed by atoms with Gasteiger partial charge in [-0.1, -0.05) is 11.3 Å². The lowest BCUT2D eigenvalue weighted by Crippen LogP contribution is -2.29. The lowest BCUT2D eigenvalue weighted by Gasteiger charge is -2.19. The Morgan fingerprint density at radius 1 is 1.35 bits per heavy atom. The summed E-state index contributed by atoms with van der Waals surface area (Å²) in [5.41, 5.74) is 0. The van der Waals surface area contributed by atoms with Crippen molar-refractivity contribution in [3.05, 3.63) is 8.96 Å². The predicted octanol–water partition coefficient (Wildman–Crippen LogP) is 2.07. The fourth-order valence-corrected chi connectivity index (χ4v) is 2.41. The Hall–Kier alpha value is -1.28. The molecule has 17 heavy (non-hydrogen) atoms. The molecule has 0 atom stereocenters. The van der Waals surface area contributed by atoms with Crippen LogP contribution in [0.25, 0.3) is 0 Å². The van der Waals surface area contributed by atoms with Crippen molar-refractivity contribution in [2.45, 2.75) is 26.4 Å². The lowest BCUT2D eigenvalue weighted by molar-refractivity contribution is 0.215. The molecule has 0 unspecified atom stereocenters. The molecule has 0 spiro atoms. The Morgan fingerprint density at radius 3 is 2.35 bits per heavy atom. The van der Waals surface area contributed by atoms with Crippen molar-refractivity contribution in [2.24, 2.45) is 0 Å². The number of aryl methyl sites for hydroxylation is 1. The van der Waals surface area contributed by atoms with Crippen molar-refractivity contribution >= 4 is 23.6 Å². The summed E-state index contributed by atoms with van der Waals surface area (Å²) in [6.07, 6.45) is 0.893. The van der Waals surface area contributed by atoms with Gasteiger partial charge in [0.05, 0.1) is 18.8 Å². The van der Waals surface area contributed by atoms with Crippen LogP contribution in [-0.2, 0) is 6.67 Å². The average Bonchev–Trinajstić information content (AvgIpc) is 2.61. The molecule has 7 heteroatoms. The van der Waals surface area contributed by atoms with E-state index in [9.17, 15) is 0 Å². The SMILES string of the molecule is Cc1nn(CN(CCC#N)CCC#N)c(=S)s1. The lowest BCUT2D eigenvalue weighted by atomic mass is 10.3. The molecule has 0 aromatic carbocycles. The molecule has 0 aliphatic rings. The first-order chi connectivity index (χ1) is 8.17. The monoisotopic (exact) mass is 267 g/mol. The topological polar surface area (TPSA) is 68.6 Å². The van der Waals surface area contributed by atoms with E-state index in [1.807, 2.05) is 11.8 Å². The van der Waals surface area contributed by atoms with Crippen LogP contribution in [0.2, 0.25) is 0 Å². The predicted molar refractivity (Wildman–Crippen MR) is 67.7 cm³/mol. The van der Waals surface area contributed by atoms with E-state index < -0.39 is 0 Å². The second-order valence-corrected chi connectivity index (χ2v) is 5.29. The first kappa shape index (κ1) is 13.8. The van der Waals surface area contributed by atoms with E-state index in [2.05, 4.69) is 17.2 Å². The van der Waals surface area contributed by atoms with Gasteiger partial charge in [-0.2, -0.15) is 15.6 Å². The molecule has 0 N–H and O–H groups in total. The highest BCUT2D eigenvalue weighted by molar-refractivity contribution is 7.73. The zero-order valence-corrected chi connectivity index (χ0v) is 11.2. The van der Waals surface area contributed by atoms with Gasteiger partial charge in [0, 0.05) is 25.9 Å². The average molecular weight is 267 g/mol. The number of nitrogens with zero attached hydrogens (tertiary/aromatic N) is 5.